The predicted octanol–water partition coefficient (Wildman–Crippen LogP) is 1.04. The minimum Gasteiger partial charge on any atom is -0.493 e. The van der Waals surface area contributed by atoms with Gasteiger partial charge in [-0.05, 0) is 29.7 Å². The summed E-state index contributed by atoms with van der Waals surface area (Å²) < 4.78 is 16.1. The van der Waals surface area contributed by atoms with E-state index in [1.165, 1.54) is 11.1 Å². The molecule has 0 bridgehead atoms. The van der Waals surface area contributed by atoms with Gasteiger partial charge in [0.25, 0.3) is 0 Å². The zero-order valence-electron chi connectivity index (χ0n) is 12.5. The lowest BCUT2D eigenvalue weighted by atomic mass is 9.98. The zero-order chi connectivity index (χ0) is 14.5. The molecule has 1 aliphatic heterocycles. The van der Waals surface area contributed by atoms with Gasteiger partial charge in [0.05, 0.1) is 20.3 Å². The lowest BCUT2D eigenvalue weighted by molar-refractivity contribution is 0.0653. The van der Waals surface area contributed by atoms with E-state index < -0.39 is 0 Å². The Balaban J connectivity index is 2.13. The molecule has 0 aliphatic carbocycles. The first-order chi connectivity index (χ1) is 9.71. The van der Waals surface area contributed by atoms with Crippen LogP contribution in [0.3, 0.4) is 0 Å². The second kappa shape index (κ2) is 6.92. The van der Waals surface area contributed by atoms with Crippen LogP contribution < -0.4 is 15.2 Å². The molecule has 1 unspecified atom stereocenters. The second-order valence-electron chi connectivity index (χ2n) is 5.05. The number of ether oxygens (including phenoxy) is 3. The van der Waals surface area contributed by atoms with Gasteiger partial charge in [-0.25, -0.2) is 0 Å². The van der Waals surface area contributed by atoms with Crippen LogP contribution in [0.5, 0.6) is 11.5 Å². The van der Waals surface area contributed by atoms with E-state index in [0.29, 0.717) is 6.54 Å². The highest BCUT2D eigenvalue weighted by Gasteiger charge is 2.21. The Morgan fingerprint density at radius 2 is 1.80 bits per heavy atom. The van der Waals surface area contributed by atoms with Gasteiger partial charge in [-0.2, -0.15) is 0 Å². The van der Waals surface area contributed by atoms with Crippen molar-refractivity contribution in [1.29, 1.82) is 0 Å². The summed E-state index contributed by atoms with van der Waals surface area (Å²) in [7, 11) is 5.05. The van der Waals surface area contributed by atoms with Crippen LogP contribution in [-0.4, -0.2) is 52.0 Å². The van der Waals surface area contributed by atoms with E-state index >= 15 is 0 Å². The van der Waals surface area contributed by atoms with Crippen molar-refractivity contribution in [1.82, 2.24) is 4.90 Å². The molecule has 20 heavy (non-hydrogen) atoms. The molecule has 0 aromatic heterocycles. The monoisotopic (exact) mass is 280 g/mol. The Bertz CT molecular complexity index is 447. The van der Waals surface area contributed by atoms with Crippen molar-refractivity contribution >= 4 is 0 Å². The summed E-state index contributed by atoms with van der Waals surface area (Å²) in [5, 5.41) is 0. The molecule has 0 fully saturated rings. The maximum atomic E-state index is 5.69. The third-order valence-corrected chi connectivity index (χ3v) is 3.86. The van der Waals surface area contributed by atoms with E-state index in [-0.39, 0.29) is 6.10 Å². The SMILES string of the molecule is COc1cc2c(cc1OC)CN(CC(CN)OC)CC2. The molecule has 0 spiro atoms. The van der Waals surface area contributed by atoms with Gasteiger partial charge >= 0.3 is 0 Å². The van der Waals surface area contributed by atoms with Crippen molar-refractivity contribution in [3.05, 3.63) is 23.3 Å². The first-order valence-corrected chi connectivity index (χ1v) is 6.90. The maximum Gasteiger partial charge on any atom is 0.161 e. The maximum absolute atomic E-state index is 5.69. The fourth-order valence-corrected chi connectivity index (χ4v) is 2.63. The zero-order valence-corrected chi connectivity index (χ0v) is 12.5. The molecule has 2 rings (SSSR count). The number of nitrogens with two attached hydrogens (primary N) is 1. The number of hydrogen-bond acceptors (Lipinski definition) is 5. The Morgan fingerprint density at radius 1 is 1.15 bits per heavy atom. The summed E-state index contributed by atoms with van der Waals surface area (Å²) >= 11 is 0. The van der Waals surface area contributed by atoms with Crippen LogP contribution in [-0.2, 0) is 17.7 Å². The largest absolute Gasteiger partial charge is 0.493 e. The molecule has 1 aliphatic rings. The molecule has 0 amide bonds. The summed E-state index contributed by atoms with van der Waals surface area (Å²) in [5.41, 5.74) is 8.32. The van der Waals surface area contributed by atoms with Gasteiger partial charge in [0.15, 0.2) is 11.5 Å². The fraction of sp³-hybridized carbons (Fsp3) is 0.600. The Labute approximate surface area is 120 Å². The summed E-state index contributed by atoms with van der Waals surface area (Å²) in [4.78, 5) is 2.37. The van der Waals surface area contributed by atoms with E-state index in [1.807, 2.05) is 0 Å². The van der Waals surface area contributed by atoms with Crippen LogP contribution in [0.1, 0.15) is 11.1 Å². The van der Waals surface area contributed by atoms with Crippen molar-refractivity contribution in [2.45, 2.75) is 19.1 Å². The molecule has 112 valence electrons. The van der Waals surface area contributed by atoms with Crippen LogP contribution in [0, 0.1) is 0 Å². The van der Waals surface area contributed by atoms with Crippen LogP contribution in [0.15, 0.2) is 12.1 Å². The van der Waals surface area contributed by atoms with Crippen LogP contribution in [0.2, 0.25) is 0 Å². The molecule has 1 atom stereocenters. The van der Waals surface area contributed by atoms with E-state index in [9.17, 15) is 0 Å². The van der Waals surface area contributed by atoms with E-state index in [4.69, 9.17) is 19.9 Å². The van der Waals surface area contributed by atoms with Crippen LogP contribution in [0.25, 0.3) is 0 Å². The molecule has 0 radical (unpaired) electrons. The predicted molar refractivity (Wildman–Crippen MR) is 78.4 cm³/mol. The Morgan fingerprint density at radius 3 is 2.35 bits per heavy atom. The molecule has 2 N–H and O–H groups in total. The topological polar surface area (TPSA) is 57.0 Å². The lowest BCUT2D eigenvalue weighted by Crippen LogP contribution is -2.40. The molecule has 1 aromatic carbocycles. The number of fused-ring (bicyclic) bond motifs is 1. The highest BCUT2D eigenvalue weighted by Crippen LogP contribution is 2.33. The lowest BCUT2D eigenvalue weighted by Gasteiger charge is -2.31. The summed E-state index contributed by atoms with van der Waals surface area (Å²) in [6.45, 7) is 3.32. The van der Waals surface area contributed by atoms with Crippen molar-refractivity contribution in [2.24, 2.45) is 5.73 Å². The Kier molecular flexibility index (Phi) is 5.23. The number of methoxy groups -OCH3 is 3. The first-order valence-electron chi connectivity index (χ1n) is 6.90. The van der Waals surface area contributed by atoms with E-state index in [0.717, 1.165) is 37.6 Å². The van der Waals surface area contributed by atoms with Gasteiger partial charge in [-0.3, -0.25) is 4.90 Å². The molecule has 0 saturated heterocycles. The van der Waals surface area contributed by atoms with E-state index in [2.05, 4.69) is 17.0 Å². The highest BCUT2D eigenvalue weighted by atomic mass is 16.5. The summed E-state index contributed by atoms with van der Waals surface area (Å²) in [6, 6.07) is 4.16. The highest BCUT2D eigenvalue weighted by molar-refractivity contribution is 5.48. The van der Waals surface area contributed by atoms with Gasteiger partial charge in [0, 0.05) is 33.3 Å². The minimum atomic E-state index is 0.0942. The van der Waals surface area contributed by atoms with Crippen LogP contribution in [0.4, 0.5) is 0 Å². The summed E-state index contributed by atoms with van der Waals surface area (Å²) in [5.74, 6) is 1.59. The number of nitrogens with zero attached hydrogens (tertiary/aromatic N) is 1. The molecular weight excluding hydrogens is 256 g/mol. The van der Waals surface area contributed by atoms with Crippen molar-refractivity contribution in [3.63, 3.8) is 0 Å². The van der Waals surface area contributed by atoms with Gasteiger partial charge < -0.3 is 19.9 Å². The van der Waals surface area contributed by atoms with Gasteiger partial charge in [0.2, 0.25) is 0 Å². The standard InChI is InChI=1S/C15H24N2O3/c1-18-13(8-16)10-17-5-4-11-6-14(19-2)15(20-3)7-12(11)9-17/h6-7,13H,4-5,8-10,16H2,1-3H3. The van der Waals surface area contributed by atoms with Crippen molar-refractivity contribution < 1.29 is 14.2 Å². The van der Waals surface area contributed by atoms with E-state index in [1.54, 1.807) is 21.3 Å². The summed E-state index contributed by atoms with van der Waals surface area (Å²) in [6.07, 6.45) is 1.10. The molecular formula is C15H24N2O3. The first kappa shape index (κ1) is 15.1. The van der Waals surface area contributed by atoms with Gasteiger partial charge in [-0.15, -0.1) is 0 Å². The average molecular weight is 280 g/mol. The number of hydrogen-bond donors (Lipinski definition) is 1. The molecule has 1 aromatic rings. The molecule has 0 saturated carbocycles. The smallest absolute Gasteiger partial charge is 0.161 e. The van der Waals surface area contributed by atoms with Crippen LogP contribution >= 0.6 is 0 Å². The molecule has 1 heterocycles. The fourth-order valence-electron chi connectivity index (χ4n) is 2.63. The minimum absolute atomic E-state index is 0.0942. The third kappa shape index (κ3) is 3.23. The Hall–Kier alpha value is -1.30. The quantitative estimate of drug-likeness (QED) is 0.843. The number of benzene rings is 1. The average Bonchev–Trinajstić information content (AvgIpc) is 2.50. The van der Waals surface area contributed by atoms with Crippen molar-refractivity contribution in [2.75, 3.05) is 41.0 Å². The third-order valence-electron chi connectivity index (χ3n) is 3.86. The molecule has 5 nitrogen and oxygen atoms in total. The van der Waals surface area contributed by atoms with Crippen molar-refractivity contribution in [3.8, 4) is 11.5 Å². The second-order valence-corrected chi connectivity index (χ2v) is 5.05. The van der Waals surface area contributed by atoms with Gasteiger partial charge in [-0.1, -0.05) is 0 Å². The van der Waals surface area contributed by atoms with Gasteiger partial charge in [0.1, 0.15) is 0 Å². The normalized spacial score (nSPS) is 16.6. The molecule has 5 heteroatoms. The number of rotatable bonds is 6.